The summed E-state index contributed by atoms with van der Waals surface area (Å²) in [7, 11) is 0. The molecule has 0 bridgehead atoms. The molecular weight excluding hydrogens is 122 g/mol. The summed E-state index contributed by atoms with van der Waals surface area (Å²) >= 11 is 0. The lowest BCUT2D eigenvalue weighted by Gasteiger charge is -1.85. The zero-order valence-corrected chi connectivity index (χ0v) is 5.33. The number of allylic oxidation sites excluding steroid dienone is 8. The lowest BCUT2D eigenvalue weighted by molar-refractivity contribution is 1.50. The van der Waals surface area contributed by atoms with Crippen LogP contribution in [-0.4, -0.2) is 0 Å². The van der Waals surface area contributed by atoms with Crippen LogP contribution in [0, 0.1) is 11.3 Å². The molecule has 0 spiro atoms. The molecule has 0 atom stereocenters. The molecule has 0 radical (unpaired) electrons. The molecule has 2 aliphatic rings. The second-order valence-electron chi connectivity index (χ2n) is 2.29. The summed E-state index contributed by atoms with van der Waals surface area (Å²) in [5.74, 6) is 0. The lowest BCUT2D eigenvalue weighted by Crippen LogP contribution is -1.67. The third kappa shape index (κ3) is 0.563. The smallest absolute Gasteiger partial charge is 0.0992 e. The molecule has 2 rings (SSSR count). The molecule has 0 fully saturated rings. The van der Waals surface area contributed by atoms with Crippen LogP contribution >= 0.6 is 0 Å². The van der Waals surface area contributed by atoms with Gasteiger partial charge < -0.3 is 0 Å². The summed E-state index contributed by atoms with van der Waals surface area (Å²) in [6.07, 6.45) is 9.81. The number of nitriles is 1. The molecule has 0 saturated carbocycles. The Morgan fingerprint density at radius 3 is 2.80 bits per heavy atom. The standard InChI is InChI=1S/C9H5N/c10-6-7-4-8-2-1-3-9(8)5-7/h1-5H. The van der Waals surface area contributed by atoms with E-state index in [4.69, 9.17) is 5.26 Å². The molecule has 0 N–H and O–H groups in total. The maximum atomic E-state index is 8.51. The molecule has 0 aromatic heterocycles. The fraction of sp³-hybridized carbons (Fsp3) is 0. The van der Waals surface area contributed by atoms with Gasteiger partial charge in [-0.2, -0.15) is 5.26 Å². The highest BCUT2D eigenvalue weighted by Crippen LogP contribution is 2.27. The van der Waals surface area contributed by atoms with Crippen molar-refractivity contribution in [2.75, 3.05) is 0 Å². The quantitative estimate of drug-likeness (QED) is 0.487. The third-order valence-corrected chi connectivity index (χ3v) is 1.64. The normalized spacial score (nSPS) is 19.3. The van der Waals surface area contributed by atoms with E-state index < -0.39 is 0 Å². The average molecular weight is 127 g/mol. The molecule has 0 aromatic rings. The van der Waals surface area contributed by atoms with Crippen LogP contribution in [0.15, 0.2) is 47.1 Å². The van der Waals surface area contributed by atoms with Crippen LogP contribution in [0.5, 0.6) is 0 Å². The molecule has 0 aliphatic heterocycles. The van der Waals surface area contributed by atoms with Crippen LogP contribution in [0.4, 0.5) is 0 Å². The second kappa shape index (κ2) is 1.71. The van der Waals surface area contributed by atoms with Gasteiger partial charge in [0.1, 0.15) is 0 Å². The van der Waals surface area contributed by atoms with E-state index in [9.17, 15) is 0 Å². The Kier molecular flexibility index (Phi) is 0.900. The maximum Gasteiger partial charge on any atom is 0.0992 e. The first-order valence-corrected chi connectivity index (χ1v) is 3.12. The summed E-state index contributed by atoms with van der Waals surface area (Å²) in [5.41, 5.74) is 3.08. The Morgan fingerprint density at radius 2 is 2.10 bits per heavy atom. The number of nitrogens with zero attached hydrogens (tertiary/aromatic N) is 1. The molecule has 0 heterocycles. The van der Waals surface area contributed by atoms with Crippen LogP contribution < -0.4 is 0 Å². The van der Waals surface area contributed by atoms with Crippen molar-refractivity contribution >= 4 is 0 Å². The van der Waals surface area contributed by atoms with E-state index in [1.807, 2.05) is 30.4 Å². The maximum absolute atomic E-state index is 8.51. The van der Waals surface area contributed by atoms with Gasteiger partial charge in [0.2, 0.25) is 0 Å². The Hall–Kier alpha value is -1.55. The Labute approximate surface area is 59.3 Å². The van der Waals surface area contributed by atoms with Crippen molar-refractivity contribution < 1.29 is 0 Å². The minimum absolute atomic E-state index is 0.755. The molecular formula is C9H5N. The van der Waals surface area contributed by atoms with Crippen LogP contribution in [0.2, 0.25) is 0 Å². The first-order chi connectivity index (χ1) is 4.90. The summed E-state index contributed by atoms with van der Waals surface area (Å²) in [4.78, 5) is 0. The zero-order chi connectivity index (χ0) is 6.97. The first-order valence-electron chi connectivity index (χ1n) is 3.12. The summed E-state index contributed by atoms with van der Waals surface area (Å²) in [6, 6.07) is 2.10. The lowest BCUT2D eigenvalue weighted by atomic mass is 10.2. The van der Waals surface area contributed by atoms with Gasteiger partial charge in [0.15, 0.2) is 0 Å². The summed E-state index contributed by atoms with van der Waals surface area (Å²) < 4.78 is 0. The average Bonchev–Trinajstić information content (AvgIpc) is 2.42. The van der Waals surface area contributed by atoms with Gasteiger partial charge in [-0.3, -0.25) is 0 Å². The summed E-state index contributed by atoms with van der Waals surface area (Å²) in [5, 5.41) is 8.51. The van der Waals surface area contributed by atoms with Crippen molar-refractivity contribution in [3.8, 4) is 6.07 Å². The Bertz CT molecular complexity index is 332. The van der Waals surface area contributed by atoms with Crippen LogP contribution in [0.25, 0.3) is 0 Å². The molecule has 1 heteroatoms. The van der Waals surface area contributed by atoms with Crippen molar-refractivity contribution in [3.63, 3.8) is 0 Å². The van der Waals surface area contributed by atoms with Gasteiger partial charge in [-0.15, -0.1) is 0 Å². The monoisotopic (exact) mass is 127 g/mol. The van der Waals surface area contributed by atoms with Crippen LogP contribution in [-0.2, 0) is 0 Å². The van der Waals surface area contributed by atoms with E-state index >= 15 is 0 Å². The van der Waals surface area contributed by atoms with Crippen LogP contribution in [0.1, 0.15) is 0 Å². The Morgan fingerprint density at radius 1 is 1.20 bits per heavy atom. The van der Waals surface area contributed by atoms with Gasteiger partial charge in [0, 0.05) is 0 Å². The van der Waals surface area contributed by atoms with Crippen molar-refractivity contribution in [3.05, 3.63) is 47.1 Å². The van der Waals surface area contributed by atoms with Gasteiger partial charge in [-0.25, -0.2) is 0 Å². The van der Waals surface area contributed by atoms with Crippen LogP contribution in [0.3, 0.4) is 0 Å². The molecule has 0 unspecified atom stereocenters. The van der Waals surface area contributed by atoms with E-state index in [-0.39, 0.29) is 0 Å². The minimum atomic E-state index is 0.755. The first kappa shape index (κ1) is 5.25. The number of hydrogen-bond acceptors (Lipinski definition) is 1. The Balaban J connectivity index is 2.49. The van der Waals surface area contributed by atoms with E-state index in [2.05, 4.69) is 6.07 Å². The zero-order valence-electron chi connectivity index (χ0n) is 5.33. The number of rotatable bonds is 0. The third-order valence-electron chi connectivity index (χ3n) is 1.64. The fourth-order valence-corrected chi connectivity index (χ4v) is 1.15. The highest BCUT2D eigenvalue weighted by molar-refractivity contribution is 5.65. The topological polar surface area (TPSA) is 23.8 Å². The SMILES string of the molecule is N#CC1=CC2=CC=CC2=C1. The van der Waals surface area contributed by atoms with Crippen molar-refractivity contribution in [2.24, 2.45) is 0 Å². The predicted molar refractivity (Wildman–Crippen MR) is 39.0 cm³/mol. The van der Waals surface area contributed by atoms with Gasteiger partial charge in [-0.05, 0) is 23.3 Å². The van der Waals surface area contributed by atoms with Gasteiger partial charge in [-0.1, -0.05) is 18.2 Å². The predicted octanol–water partition coefficient (Wildman–Crippen LogP) is 1.87. The number of hydrogen-bond donors (Lipinski definition) is 0. The van der Waals surface area contributed by atoms with Gasteiger partial charge in [0.05, 0.1) is 11.6 Å². The van der Waals surface area contributed by atoms with Gasteiger partial charge in [0.25, 0.3) is 0 Å². The van der Waals surface area contributed by atoms with Crippen molar-refractivity contribution in [1.29, 1.82) is 5.26 Å². The van der Waals surface area contributed by atoms with Crippen molar-refractivity contribution in [1.82, 2.24) is 0 Å². The second-order valence-corrected chi connectivity index (χ2v) is 2.29. The number of fused-ring (bicyclic) bond motifs is 1. The van der Waals surface area contributed by atoms with E-state index in [1.54, 1.807) is 0 Å². The highest BCUT2D eigenvalue weighted by atomic mass is 14.3. The highest BCUT2D eigenvalue weighted by Gasteiger charge is 2.11. The summed E-state index contributed by atoms with van der Waals surface area (Å²) in [6.45, 7) is 0. The molecule has 1 nitrogen and oxygen atoms in total. The molecule has 0 amide bonds. The molecule has 0 saturated heterocycles. The van der Waals surface area contributed by atoms with E-state index in [1.165, 1.54) is 0 Å². The van der Waals surface area contributed by atoms with E-state index in [0.29, 0.717) is 0 Å². The largest absolute Gasteiger partial charge is 0.192 e. The van der Waals surface area contributed by atoms with E-state index in [0.717, 1.165) is 16.7 Å². The molecule has 10 heavy (non-hydrogen) atoms. The molecule has 46 valence electrons. The minimum Gasteiger partial charge on any atom is -0.192 e. The fourth-order valence-electron chi connectivity index (χ4n) is 1.15. The van der Waals surface area contributed by atoms with Gasteiger partial charge >= 0.3 is 0 Å². The van der Waals surface area contributed by atoms with Crippen molar-refractivity contribution in [2.45, 2.75) is 0 Å². The molecule has 2 aliphatic carbocycles. The molecule has 0 aromatic carbocycles.